The summed E-state index contributed by atoms with van der Waals surface area (Å²) < 4.78 is 10.6. The van der Waals surface area contributed by atoms with Gasteiger partial charge in [0.15, 0.2) is 0 Å². The van der Waals surface area contributed by atoms with Gasteiger partial charge in [0.2, 0.25) is 0 Å². The molecule has 1 nitrogen and oxygen atoms in total. The summed E-state index contributed by atoms with van der Waals surface area (Å²) in [4.78, 5) is 0. The molecule has 8 heavy (non-hydrogen) atoms. The lowest BCUT2D eigenvalue weighted by Crippen LogP contribution is -1.93. The highest BCUT2D eigenvalue weighted by atomic mass is 33.1. The molecule has 0 radical (unpaired) electrons. The van der Waals surface area contributed by atoms with E-state index in [2.05, 4.69) is 0 Å². The van der Waals surface area contributed by atoms with Crippen LogP contribution in [0.5, 0.6) is 0 Å². The van der Waals surface area contributed by atoms with E-state index in [9.17, 15) is 4.55 Å². The molecule has 3 heteroatoms. The van der Waals surface area contributed by atoms with E-state index in [4.69, 9.17) is 0 Å². The maximum Gasteiger partial charge on any atom is 0.118 e. The smallest absolute Gasteiger partial charge is 0.118 e. The van der Waals surface area contributed by atoms with E-state index in [-0.39, 0.29) is 0 Å². The van der Waals surface area contributed by atoms with E-state index in [0.717, 1.165) is 5.75 Å². The summed E-state index contributed by atoms with van der Waals surface area (Å²) in [6, 6.07) is 0. The first-order valence-electron chi connectivity index (χ1n) is 2.48. The van der Waals surface area contributed by atoms with Gasteiger partial charge in [-0.3, -0.25) is 0 Å². The third-order valence-corrected chi connectivity index (χ3v) is 3.29. The summed E-state index contributed by atoms with van der Waals surface area (Å²) in [5.41, 5.74) is 0. The molecule has 0 aromatic heterocycles. The summed E-state index contributed by atoms with van der Waals surface area (Å²) >= 11 is 0. The molecule has 0 spiro atoms. The van der Waals surface area contributed by atoms with Gasteiger partial charge in [-0.2, -0.15) is 0 Å². The van der Waals surface area contributed by atoms with E-state index in [0.29, 0.717) is 0 Å². The van der Waals surface area contributed by atoms with Crippen LogP contribution in [-0.2, 0) is 10.2 Å². The maximum atomic E-state index is 10.6. The molecule has 0 N–H and O–H groups in total. The zero-order valence-electron chi connectivity index (χ0n) is 5.09. The van der Waals surface area contributed by atoms with Crippen LogP contribution in [0.1, 0.15) is 13.8 Å². The molecule has 0 amide bonds. The first-order chi connectivity index (χ1) is 3.81. The molecular formula is C5H10OS2. The van der Waals surface area contributed by atoms with Crippen LogP contribution in [0.2, 0.25) is 0 Å². The van der Waals surface area contributed by atoms with Crippen molar-refractivity contribution in [1.82, 2.24) is 0 Å². The molecule has 48 valence electrons. The maximum absolute atomic E-state index is 10.6. The van der Waals surface area contributed by atoms with E-state index in [1.807, 2.05) is 25.3 Å². The van der Waals surface area contributed by atoms with Gasteiger partial charge in [-0.25, -0.2) is 0 Å². The van der Waals surface area contributed by atoms with Crippen LogP contribution in [0.4, 0.5) is 0 Å². The standard InChI is InChI=1S/C5H10OS2/c1-3-5-7-8(6)4-2/h3,5H,4H2,1-2H3/b5-3+. The summed E-state index contributed by atoms with van der Waals surface area (Å²) in [6.45, 7) is 3.83. The van der Waals surface area contributed by atoms with E-state index >= 15 is 0 Å². The Kier molecular flexibility index (Phi) is 5.81. The van der Waals surface area contributed by atoms with Crippen molar-refractivity contribution in [3.63, 3.8) is 0 Å². The fourth-order valence-electron chi connectivity index (χ4n) is 0.186. The zero-order chi connectivity index (χ0) is 6.41. The van der Waals surface area contributed by atoms with Crippen LogP contribution in [0.25, 0.3) is 0 Å². The van der Waals surface area contributed by atoms with Crippen molar-refractivity contribution < 1.29 is 4.55 Å². The van der Waals surface area contributed by atoms with Gasteiger partial charge in [0, 0.05) is 15.6 Å². The minimum absolute atomic E-state index is 0.697. The molecule has 0 aliphatic heterocycles. The van der Waals surface area contributed by atoms with Crippen LogP contribution in [0, 0.1) is 0 Å². The van der Waals surface area contributed by atoms with Gasteiger partial charge in [-0.15, -0.1) is 0 Å². The SMILES string of the molecule is C/C=C/S[S+]([O-])CC. The van der Waals surface area contributed by atoms with E-state index in [1.54, 1.807) is 0 Å². The van der Waals surface area contributed by atoms with E-state index < -0.39 is 10.2 Å². The highest BCUT2D eigenvalue weighted by Crippen LogP contribution is 2.12. The van der Waals surface area contributed by atoms with Gasteiger partial charge >= 0.3 is 0 Å². The molecule has 0 rings (SSSR count). The molecule has 0 saturated heterocycles. The third-order valence-electron chi connectivity index (χ3n) is 0.535. The minimum Gasteiger partial charge on any atom is -0.605 e. The monoisotopic (exact) mass is 150 g/mol. The third kappa shape index (κ3) is 4.56. The van der Waals surface area contributed by atoms with Gasteiger partial charge in [0.25, 0.3) is 0 Å². The second-order valence-electron chi connectivity index (χ2n) is 1.16. The number of rotatable bonds is 3. The molecular weight excluding hydrogens is 140 g/mol. The molecule has 0 aromatic carbocycles. The summed E-state index contributed by atoms with van der Waals surface area (Å²) in [7, 11) is 0.671. The molecule has 0 aliphatic carbocycles. The highest BCUT2D eigenvalue weighted by molar-refractivity contribution is 8.73. The lowest BCUT2D eigenvalue weighted by atomic mass is 10.8. The lowest BCUT2D eigenvalue weighted by Gasteiger charge is -1.99. The Balaban J connectivity index is 3.10. The molecule has 1 unspecified atom stereocenters. The Morgan fingerprint density at radius 1 is 1.75 bits per heavy atom. The van der Waals surface area contributed by atoms with Crippen LogP contribution in [0.15, 0.2) is 11.5 Å². The van der Waals surface area contributed by atoms with Crippen LogP contribution < -0.4 is 0 Å². The normalized spacial score (nSPS) is 14.9. The average molecular weight is 150 g/mol. The molecule has 1 atom stereocenters. The van der Waals surface area contributed by atoms with Crippen molar-refractivity contribution in [3.8, 4) is 0 Å². The quantitative estimate of drug-likeness (QED) is 0.453. The van der Waals surface area contributed by atoms with Gasteiger partial charge in [0.05, 0.1) is 0 Å². The molecule has 0 aromatic rings. The van der Waals surface area contributed by atoms with Crippen LogP contribution >= 0.6 is 10.8 Å². The van der Waals surface area contributed by atoms with Crippen molar-refractivity contribution in [1.29, 1.82) is 0 Å². The topological polar surface area (TPSA) is 23.1 Å². The molecule has 0 aliphatic rings. The first kappa shape index (κ1) is 8.40. The number of hydrogen-bond donors (Lipinski definition) is 0. The molecule has 0 heterocycles. The Morgan fingerprint density at radius 3 is 2.75 bits per heavy atom. The fourth-order valence-corrected chi connectivity index (χ4v) is 1.67. The van der Waals surface area contributed by atoms with Crippen molar-refractivity contribution in [2.75, 3.05) is 5.75 Å². The number of hydrogen-bond acceptors (Lipinski definition) is 2. The molecule has 0 bridgehead atoms. The highest BCUT2D eigenvalue weighted by Gasteiger charge is 1.97. The second-order valence-corrected chi connectivity index (χ2v) is 4.50. The molecule has 0 fully saturated rings. The fraction of sp³-hybridized carbons (Fsp3) is 0.600. The van der Waals surface area contributed by atoms with Crippen LogP contribution in [-0.4, -0.2) is 10.3 Å². The Labute approximate surface area is 57.1 Å². The first-order valence-corrected chi connectivity index (χ1v) is 5.19. The predicted octanol–water partition coefficient (Wildman–Crippen LogP) is 1.94. The van der Waals surface area contributed by atoms with Crippen molar-refractivity contribution in [2.24, 2.45) is 0 Å². The second kappa shape index (κ2) is 5.54. The Morgan fingerprint density at radius 2 is 2.38 bits per heavy atom. The van der Waals surface area contributed by atoms with Crippen molar-refractivity contribution in [2.45, 2.75) is 13.8 Å². The zero-order valence-corrected chi connectivity index (χ0v) is 6.72. The van der Waals surface area contributed by atoms with Crippen molar-refractivity contribution in [3.05, 3.63) is 11.5 Å². The van der Waals surface area contributed by atoms with Crippen molar-refractivity contribution >= 4 is 21.0 Å². The van der Waals surface area contributed by atoms with Gasteiger partial charge < -0.3 is 4.55 Å². The average Bonchev–Trinajstić information content (AvgIpc) is 1.83. The number of allylic oxidation sites excluding steroid dienone is 1. The van der Waals surface area contributed by atoms with Gasteiger partial charge in [0.1, 0.15) is 16.5 Å². The van der Waals surface area contributed by atoms with E-state index in [1.165, 1.54) is 10.8 Å². The predicted molar refractivity (Wildman–Crippen MR) is 41.1 cm³/mol. The summed E-state index contributed by atoms with van der Waals surface area (Å²) in [6.07, 6.45) is 1.89. The van der Waals surface area contributed by atoms with Gasteiger partial charge in [-0.1, -0.05) is 6.08 Å². The van der Waals surface area contributed by atoms with Gasteiger partial charge in [-0.05, 0) is 13.8 Å². The molecule has 0 saturated carbocycles. The largest absolute Gasteiger partial charge is 0.605 e. The Bertz CT molecular complexity index is 72.8. The Hall–Kier alpha value is 0.400. The summed E-state index contributed by atoms with van der Waals surface area (Å²) in [5, 5.41) is 1.85. The lowest BCUT2D eigenvalue weighted by molar-refractivity contribution is 0.610. The summed E-state index contributed by atoms with van der Waals surface area (Å²) in [5.74, 6) is 0.731. The minimum atomic E-state index is -0.697. The van der Waals surface area contributed by atoms with Crippen LogP contribution in [0.3, 0.4) is 0 Å².